The molecule has 0 aromatic rings. The Hall–Kier alpha value is -0.630. The Morgan fingerprint density at radius 2 is 1.75 bits per heavy atom. The van der Waals surface area contributed by atoms with Gasteiger partial charge in [0.1, 0.15) is 0 Å². The van der Waals surface area contributed by atoms with Crippen molar-refractivity contribution in [2.45, 2.75) is 32.8 Å². The summed E-state index contributed by atoms with van der Waals surface area (Å²) < 4.78 is 10.7. The molecule has 0 aliphatic rings. The van der Waals surface area contributed by atoms with Crippen LogP contribution in [0.1, 0.15) is 27.2 Å². The van der Waals surface area contributed by atoms with Crippen LogP contribution in [-0.2, 0) is 9.47 Å². The second-order valence-electron chi connectivity index (χ2n) is 4.70. The highest BCUT2D eigenvalue weighted by molar-refractivity contribution is 4.72. The van der Waals surface area contributed by atoms with Gasteiger partial charge in [-0.1, -0.05) is 0 Å². The minimum atomic E-state index is -0.0951. The van der Waals surface area contributed by atoms with Gasteiger partial charge >= 0.3 is 0 Å². The summed E-state index contributed by atoms with van der Waals surface area (Å²) in [6.45, 7) is 10.0. The summed E-state index contributed by atoms with van der Waals surface area (Å²) in [5.41, 5.74) is -0.0951. The van der Waals surface area contributed by atoms with E-state index in [1.165, 1.54) is 0 Å². The SMILES string of the molecule is COCCN(CCC#N)CCOC(C)(C)C. The summed E-state index contributed by atoms with van der Waals surface area (Å²) >= 11 is 0. The number of methoxy groups -OCH3 is 1. The summed E-state index contributed by atoms with van der Waals surface area (Å²) in [6.07, 6.45) is 0.555. The van der Waals surface area contributed by atoms with Crippen molar-refractivity contribution in [3.8, 4) is 6.07 Å². The van der Waals surface area contributed by atoms with Gasteiger partial charge in [-0.25, -0.2) is 0 Å². The molecular formula is C12H24N2O2. The van der Waals surface area contributed by atoms with E-state index in [-0.39, 0.29) is 5.60 Å². The summed E-state index contributed by atoms with van der Waals surface area (Å²) in [6, 6.07) is 2.16. The average Bonchev–Trinajstić information content (AvgIpc) is 2.19. The Bertz CT molecular complexity index is 206. The van der Waals surface area contributed by atoms with E-state index in [1.807, 2.05) is 20.8 Å². The highest BCUT2D eigenvalue weighted by Crippen LogP contribution is 2.06. The van der Waals surface area contributed by atoms with Crippen LogP contribution in [0.15, 0.2) is 0 Å². The van der Waals surface area contributed by atoms with Crippen molar-refractivity contribution in [1.82, 2.24) is 4.90 Å². The first-order valence-electron chi connectivity index (χ1n) is 5.72. The second kappa shape index (κ2) is 8.51. The van der Waals surface area contributed by atoms with Crippen LogP contribution in [0.5, 0.6) is 0 Å². The van der Waals surface area contributed by atoms with Crippen LogP contribution in [0, 0.1) is 11.3 Å². The topological polar surface area (TPSA) is 45.5 Å². The quantitative estimate of drug-likeness (QED) is 0.634. The lowest BCUT2D eigenvalue weighted by molar-refractivity contribution is -0.0147. The largest absolute Gasteiger partial charge is 0.383 e. The van der Waals surface area contributed by atoms with Crippen LogP contribution in [0.2, 0.25) is 0 Å². The number of ether oxygens (including phenoxy) is 2. The van der Waals surface area contributed by atoms with Gasteiger partial charge in [0.05, 0.1) is 24.9 Å². The van der Waals surface area contributed by atoms with Crippen molar-refractivity contribution in [1.29, 1.82) is 5.26 Å². The summed E-state index contributed by atoms with van der Waals surface area (Å²) in [5.74, 6) is 0. The number of nitriles is 1. The first kappa shape index (κ1) is 15.4. The Labute approximate surface area is 99.1 Å². The number of hydrogen-bond acceptors (Lipinski definition) is 4. The molecule has 4 heteroatoms. The van der Waals surface area contributed by atoms with E-state index in [9.17, 15) is 0 Å². The number of hydrogen-bond donors (Lipinski definition) is 0. The lowest BCUT2D eigenvalue weighted by Crippen LogP contribution is -2.33. The minimum absolute atomic E-state index is 0.0951. The zero-order valence-electron chi connectivity index (χ0n) is 11.0. The molecule has 0 aliphatic carbocycles. The zero-order valence-corrected chi connectivity index (χ0v) is 11.0. The predicted octanol–water partition coefficient (Wildman–Crippen LogP) is 1.66. The molecule has 0 aliphatic heterocycles. The fourth-order valence-electron chi connectivity index (χ4n) is 1.24. The smallest absolute Gasteiger partial charge is 0.0635 e. The molecule has 0 spiro atoms. The van der Waals surface area contributed by atoms with Crippen LogP contribution in [0.4, 0.5) is 0 Å². The first-order chi connectivity index (χ1) is 7.49. The number of nitrogens with zero attached hydrogens (tertiary/aromatic N) is 2. The van der Waals surface area contributed by atoms with Crippen LogP contribution in [0.25, 0.3) is 0 Å². The minimum Gasteiger partial charge on any atom is -0.383 e. The van der Waals surface area contributed by atoms with Crippen molar-refractivity contribution >= 4 is 0 Å². The van der Waals surface area contributed by atoms with Gasteiger partial charge in [0.15, 0.2) is 0 Å². The van der Waals surface area contributed by atoms with E-state index in [2.05, 4.69) is 11.0 Å². The standard InChI is InChI=1S/C12H24N2O2/c1-12(2,3)16-11-9-14(7-5-6-13)8-10-15-4/h5,7-11H2,1-4H3. The van der Waals surface area contributed by atoms with Crippen LogP contribution < -0.4 is 0 Å². The molecule has 0 N–H and O–H groups in total. The third-order valence-corrected chi connectivity index (χ3v) is 2.09. The Morgan fingerprint density at radius 3 is 2.25 bits per heavy atom. The third kappa shape index (κ3) is 9.91. The van der Waals surface area contributed by atoms with Gasteiger partial charge in [-0.05, 0) is 20.8 Å². The van der Waals surface area contributed by atoms with Gasteiger partial charge < -0.3 is 9.47 Å². The molecule has 0 amide bonds. The molecule has 0 unspecified atom stereocenters. The highest BCUT2D eigenvalue weighted by Gasteiger charge is 2.11. The molecule has 0 radical (unpaired) electrons. The van der Waals surface area contributed by atoms with Crippen molar-refractivity contribution in [3.63, 3.8) is 0 Å². The van der Waals surface area contributed by atoms with Crippen molar-refractivity contribution < 1.29 is 9.47 Å². The lowest BCUT2D eigenvalue weighted by Gasteiger charge is -2.24. The molecule has 0 saturated heterocycles. The molecule has 0 fully saturated rings. The van der Waals surface area contributed by atoms with Gasteiger partial charge in [0.25, 0.3) is 0 Å². The molecule has 0 aromatic heterocycles. The van der Waals surface area contributed by atoms with Crippen LogP contribution >= 0.6 is 0 Å². The highest BCUT2D eigenvalue weighted by atomic mass is 16.5. The molecular weight excluding hydrogens is 204 g/mol. The molecule has 0 heterocycles. The van der Waals surface area contributed by atoms with Gasteiger partial charge in [0.2, 0.25) is 0 Å². The molecule has 0 saturated carbocycles. The average molecular weight is 228 g/mol. The maximum absolute atomic E-state index is 8.56. The monoisotopic (exact) mass is 228 g/mol. The van der Waals surface area contributed by atoms with E-state index in [0.29, 0.717) is 19.6 Å². The van der Waals surface area contributed by atoms with Crippen molar-refractivity contribution in [2.75, 3.05) is 40.0 Å². The molecule has 0 bridgehead atoms. The van der Waals surface area contributed by atoms with E-state index in [1.54, 1.807) is 7.11 Å². The molecule has 94 valence electrons. The van der Waals surface area contributed by atoms with Gasteiger partial charge in [0, 0.05) is 33.2 Å². The summed E-state index contributed by atoms with van der Waals surface area (Å²) in [5, 5.41) is 8.56. The second-order valence-corrected chi connectivity index (χ2v) is 4.70. The van der Waals surface area contributed by atoms with E-state index >= 15 is 0 Å². The van der Waals surface area contributed by atoms with E-state index < -0.39 is 0 Å². The Kier molecular flexibility index (Phi) is 8.18. The van der Waals surface area contributed by atoms with Crippen molar-refractivity contribution in [3.05, 3.63) is 0 Å². The van der Waals surface area contributed by atoms with Crippen LogP contribution in [0.3, 0.4) is 0 Å². The van der Waals surface area contributed by atoms with Crippen LogP contribution in [-0.4, -0.2) is 50.5 Å². The fraction of sp³-hybridized carbons (Fsp3) is 0.917. The summed E-state index contributed by atoms with van der Waals surface area (Å²) in [7, 11) is 1.69. The van der Waals surface area contributed by atoms with Gasteiger partial charge in [-0.15, -0.1) is 0 Å². The number of rotatable bonds is 8. The molecule has 0 aromatic carbocycles. The predicted molar refractivity (Wildman–Crippen MR) is 64.3 cm³/mol. The molecule has 4 nitrogen and oxygen atoms in total. The maximum Gasteiger partial charge on any atom is 0.0635 e. The van der Waals surface area contributed by atoms with Crippen molar-refractivity contribution in [2.24, 2.45) is 0 Å². The van der Waals surface area contributed by atoms with Gasteiger partial charge in [-0.2, -0.15) is 5.26 Å². The van der Waals surface area contributed by atoms with Gasteiger partial charge in [-0.3, -0.25) is 4.90 Å². The zero-order chi connectivity index (χ0) is 12.4. The summed E-state index contributed by atoms with van der Waals surface area (Å²) in [4.78, 5) is 2.19. The normalized spacial score (nSPS) is 11.8. The first-order valence-corrected chi connectivity index (χ1v) is 5.72. The molecule has 16 heavy (non-hydrogen) atoms. The molecule has 0 rings (SSSR count). The van der Waals surface area contributed by atoms with E-state index in [4.69, 9.17) is 14.7 Å². The van der Waals surface area contributed by atoms with E-state index in [0.717, 1.165) is 19.6 Å². The lowest BCUT2D eigenvalue weighted by atomic mass is 10.2. The fourth-order valence-corrected chi connectivity index (χ4v) is 1.24. The Morgan fingerprint density at radius 1 is 1.12 bits per heavy atom. The maximum atomic E-state index is 8.56. The molecule has 0 atom stereocenters. The third-order valence-electron chi connectivity index (χ3n) is 2.09. The Balaban J connectivity index is 3.78.